The van der Waals surface area contributed by atoms with E-state index in [4.69, 9.17) is 5.26 Å². The molecule has 0 amide bonds. The summed E-state index contributed by atoms with van der Waals surface area (Å²) in [5, 5.41) is 8.74. The van der Waals surface area contributed by atoms with Gasteiger partial charge in [-0.25, -0.2) is 0 Å². The first-order valence-electron chi connectivity index (χ1n) is 4.22. The molecule has 0 bridgehead atoms. The number of nitriles is 1. The van der Waals surface area contributed by atoms with Crippen LogP contribution in [0.15, 0.2) is 42.7 Å². The van der Waals surface area contributed by atoms with Gasteiger partial charge in [-0.1, -0.05) is 12.1 Å². The zero-order valence-electron chi connectivity index (χ0n) is 7.44. The first kappa shape index (κ1) is 8.46. The number of benzene rings is 1. The van der Waals surface area contributed by atoms with Crippen molar-refractivity contribution in [3.63, 3.8) is 0 Å². The van der Waals surface area contributed by atoms with Crippen molar-refractivity contribution in [3.8, 4) is 17.2 Å². The average Bonchev–Trinajstić information content (AvgIpc) is 2.30. The molecule has 0 aliphatic rings. The third-order valence-electron chi connectivity index (χ3n) is 1.93. The monoisotopic (exact) mass is 179 g/mol. The van der Waals surface area contributed by atoms with Crippen molar-refractivity contribution in [3.05, 3.63) is 54.4 Å². The lowest BCUT2D eigenvalue weighted by Crippen LogP contribution is -1.80. The number of nitrogens with zero attached hydrogens (tertiary/aromatic N) is 2. The van der Waals surface area contributed by atoms with Crippen molar-refractivity contribution in [2.75, 3.05) is 0 Å². The molecule has 0 N–H and O–H groups in total. The molecule has 0 fully saturated rings. The molecular weight excluding hydrogens is 172 g/mol. The van der Waals surface area contributed by atoms with E-state index in [1.54, 1.807) is 18.5 Å². The topological polar surface area (TPSA) is 36.7 Å². The van der Waals surface area contributed by atoms with E-state index in [0.717, 1.165) is 11.1 Å². The Morgan fingerprint density at radius 3 is 2.93 bits per heavy atom. The second kappa shape index (κ2) is 3.71. The van der Waals surface area contributed by atoms with Gasteiger partial charge in [-0.05, 0) is 23.8 Å². The van der Waals surface area contributed by atoms with E-state index in [1.807, 2.05) is 24.3 Å². The van der Waals surface area contributed by atoms with Gasteiger partial charge >= 0.3 is 0 Å². The predicted molar refractivity (Wildman–Crippen MR) is 53.2 cm³/mol. The Kier molecular flexibility index (Phi) is 2.24. The smallest absolute Gasteiger partial charge is 0.0991 e. The van der Waals surface area contributed by atoms with E-state index in [-0.39, 0.29) is 0 Å². The highest BCUT2D eigenvalue weighted by molar-refractivity contribution is 5.63. The number of hydrogen-bond donors (Lipinski definition) is 0. The summed E-state index contributed by atoms with van der Waals surface area (Å²) in [4.78, 5) is 3.98. The lowest BCUT2D eigenvalue weighted by Gasteiger charge is -1.99. The van der Waals surface area contributed by atoms with Crippen molar-refractivity contribution in [1.29, 1.82) is 5.26 Å². The SMILES string of the molecule is N#Cc1cccc(-c2c[c]cnc2)c1. The molecule has 0 atom stereocenters. The zero-order chi connectivity index (χ0) is 9.80. The summed E-state index contributed by atoms with van der Waals surface area (Å²) in [7, 11) is 0. The predicted octanol–water partition coefficient (Wildman–Crippen LogP) is 2.42. The minimum atomic E-state index is 0.659. The number of hydrogen-bond acceptors (Lipinski definition) is 2. The quantitative estimate of drug-likeness (QED) is 0.674. The molecule has 2 rings (SSSR count). The van der Waals surface area contributed by atoms with Crippen molar-refractivity contribution in [1.82, 2.24) is 4.98 Å². The first-order chi connectivity index (χ1) is 6.90. The number of aromatic nitrogens is 1. The molecule has 0 saturated carbocycles. The second-order valence-corrected chi connectivity index (χ2v) is 2.87. The van der Waals surface area contributed by atoms with Gasteiger partial charge in [0.1, 0.15) is 0 Å². The molecule has 1 radical (unpaired) electrons. The Balaban J connectivity index is 2.49. The minimum Gasteiger partial charge on any atom is -0.263 e. The molecule has 14 heavy (non-hydrogen) atoms. The Labute approximate surface area is 82.5 Å². The van der Waals surface area contributed by atoms with Gasteiger partial charge in [0.05, 0.1) is 11.6 Å². The van der Waals surface area contributed by atoms with Gasteiger partial charge in [0.15, 0.2) is 0 Å². The second-order valence-electron chi connectivity index (χ2n) is 2.87. The van der Waals surface area contributed by atoms with Crippen LogP contribution in [0.1, 0.15) is 5.56 Å². The van der Waals surface area contributed by atoms with Crippen LogP contribution in [-0.4, -0.2) is 4.98 Å². The molecule has 0 aliphatic carbocycles. The number of pyridine rings is 1. The fourth-order valence-electron chi connectivity index (χ4n) is 1.25. The van der Waals surface area contributed by atoms with E-state index >= 15 is 0 Å². The van der Waals surface area contributed by atoms with Crippen LogP contribution in [0.5, 0.6) is 0 Å². The van der Waals surface area contributed by atoms with Gasteiger partial charge in [0, 0.05) is 24.0 Å². The molecule has 1 heterocycles. The number of rotatable bonds is 1. The Morgan fingerprint density at radius 1 is 1.29 bits per heavy atom. The van der Waals surface area contributed by atoms with Gasteiger partial charge in [0.25, 0.3) is 0 Å². The largest absolute Gasteiger partial charge is 0.263 e. The van der Waals surface area contributed by atoms with E-state index < -0.39 is 0 Å². The zero-order valence-corrected chi connectivity index (χ0v) is 7.44. The summed E-state index contributed by atoms with van der Waals surface area (Å²) in [6.07, 6.45) is 3.37. The fourth-order valence-corrected chi connectivity index (χ4v) is 1.25. The molecule has 2 aromatic rings. The summed E-state index contributed by atoms with van der Waals surface area (Å²) < 4.78 is 0. The molecule has 65 valence electrons. The van der Waals surface area contributed by atoms with Crippen molar-refractivity contribution >= 4 is 0 Å². The standard InChI is InChI=1S/C12H7N2/c13-8-10-3-1-4-11(7-10)12-5-2-6-14-9-12/h1,3-7,9H. The lowest BCUT2D eigenvalue weighted by atomic mass is 10.1. The Bertz CT molecular complexity index is 469. The van der Waals surface area contributed by atoms with Crippen LogP contribution in [0.2, 0.25) is 0 Å². The molecule has 0 spiro atoms. The molecule has 0 unspecified atom stereocenters. The van der Waals surface area contributed by atoms with Crippen LogP contribution in [-0.2, 0) is 0 Å². The van der Waals surface area contributed by atoms with Crippen molar-refractivity contribution in [2.24, 2.45) is 0 Å². The van der Waals surface area contributed by atoms with Crippen LogP contribution >= 0.6 is 0 Å². The minimum absolute atomic E-state index is 0.659. The summed E-state index contributed by atoms with van der Waals surface area (Å²) in [5.74, 6) is 0. The van der Waals surface area contributed by atoms with E-state index in [0.29, 0.717) is 5.56 Å². The lowest BCUT2D eigenvalue weighted by molar-refractivity contribution is 1.32. The Morgan fingerprint density at radius 2 is 2.21 bits per heavy atom. The first-order valence-corrected chi connectivity index (χ1v) is 4.22. The normalized spacial score (nSPS) is 9.36. The van der Waals surface area contributed by atoms with E-state index in [1.165, 1.54) is 0 Å². The molecule has 2 heteroatoms. The molecule has 0 aliphatic heterocycles. The summed E-state index contributed by atoms with van der Waals surface area (Å²) in [5.41, 5.74) is 2.63. The maximum atomic E-state index is 8.74. The van der Waals surface area contributed by atoms with Gasteiger partial charge in [-0.2, -0.15) is 5.26 Å². The van der Waals surface area contributed by atoms with E-state index in [9.17, 15) is 0 Å². The molecule has 1 aromatic heterocycles. The van der Waals surface area contributed by atoms with Gasteiger partial charge in [-0.3, -0.25) is 4.98 Å². The summed E-state index contributed by atoms with van der Waals surface area (Å²) in [6, 6.07) is 14.3. The highest BCUT2D eigenvalue weighted by Crippen LogP contribution is 2.18. The van der Waals surface area contributed by atoms with Crippen LogP contribution < -0.4 is 0 Å². The van der Waals surface area contributed by atoms with Crippen molar-refractivity contribution < 1.29 is 0 Å². The van der Waals surface area contributed by atoms with Crippen LogP contribution in [0.25, 0.3) is 11.1 Å². The van der Waals surface area contributed by atoms with Gasteiger partial charge in [-0.15, -0.1) is 0 Å². The fraction of sp³-hybridized carbons (Fsp3) is 0. The molecule has 2 nitrogen and oxygen atoms in total. The van der Waals surface area contributed by atoms with Crippen LogP contribution in [0.3, 0.4) is 0 Å². The maximum Gasteiger partial charge on any atom is 0.0991 e. The molecular formula is C12H7N2. The van der Waals surface area contributed by atoms with E-state index in [2.05, 4.69) is 17.1 Å². The summed E-state index contributed by atoms with van der Waals surface area (Å²) >= 11 is 0. The molecule has 0 saturated heterocycles. The van der Waals surface area contributed by atoms with Crippen LogP contribution in [0, 0.1) is 17.4 Å². The van der Waals surface area contributed by atoms with Crippen LogP contribution in [0.4, 0.5) is 0 Å². The molecule has 1 aromatic carbocycles. The van der Waals surface area contributed by atoms with Gasteiger partial charge in [0.2, 0.25) is 0 Å². The van der Waals surface area contributed by atoms with Gasteiger partial charge < -0.3 is 0 Å². The highest BCUT2D eigenvalue weighted by Gasteiger charge is 1.97. The highest BCUT2D eigenvalue weighted by atomic mass is 14.6. The average molecular weight is 179 g/mol. The third-order valence-corrected chi connectivity index (χ3v) is 1.93. The maximum absolute atomic E-state index is 8.74. The Hall–Kier alpha value is -2.14. The third kappa shape index (κ3) is 1.62. The van der Waals surface area contributed by atoms with Crippen molar-refractivity contribution in [2.45, 2.75) is 0 Å². The summed E-state index contributed by atoms with van der Waals surface area (Å²) in [6.45, 7) is 0.